The van der Waals surface area contributed by atoms with Gasteiger partial charge in [0.25, 0.3) is 0 Å². The molecule has 98 valence electrons. The van der Waals surface area contributed by atoms with Gasteiger partial charge in [0.05, 0.1) is 6.54 Å². The molecule has 0 aliphatic carbocycles. The summed E-state index contributed by atoms with van der Waals surface area (Å²) >= 11 is 1.58. The van der Waals surface area contributed by atoms with Crippen LogP contribution < -0.4 is 5.32 Å². The third-order valence-electron chi connectivity index (χ3n) is 2.18. The monoisotopic (exact) mass is 259 g/mol. The molecular formula is C10H21N5OS. The zero-order chi connectivity index (χ0) is 12.7. The standard InChI is InChI=1S/C10H21N5OS/c1-8(2)11-4-5-15-10(12-13-14-15)17-7-9(3)6-16/h8-9,11,16H,4-7H2,1-3H3. The lowest BCUT2D eigenvalue weighted by atomic mass is 10.2. The fraction of sp³-hybridized carbons (Fsp3) is 0.900. The van der Waals surface area contributed by atoms with Crippen LogP contribution in [0.2, 0.25) is 0 Å². The molecule has 1 aromatic heterocycles. The molecule has 1 aromatic rings. The van der Waals surface area contributed by atoms with Gasteiger partial charge in [-0.05, 0) is 16.3 Å². The minimum absolute atomic E-state index is 0.198. The van der Waals surface area contributed by atoms with Gasteiger partial charge in [-0.2, -0.15) is 0 Å². The lowest BCUT2D eigenvalue weighted by Gasteiger charge is -2.09. The molecule has 0 aromatic carbocycles. The second-order valence-corrected chi connectivity index (χ2v) is 5.38. The zero-order valence-corrected chi connectivity index (χ0v) is 11.4. The molecule has 0 aliphatic rings. The first-order valence-corrected chi connectivity index (χ1v) is 6.85. The molecule has 2 N–H and O–H groups in total. The molecule has 0 spiro atoms. The minimum atomic E-state index is 0.198. The number of hydrogen-bond acceptors (Lipinski definition) is 6. The van der Waals surface area contributed by atoms with Crippen LogP contribution in [0.1, 0.15) is 20.8 Å². The van der Waals surface area contributed by atoms with Crippen LogP contribution in [0.3, 0.4) is 0 Å². The topological polar surface area (TPSA) is 75.9 Å². The molecule has 1 rings (SSSR count). The SMILES string of the molecule is CC(CO)CSc1nnnn1CCNC(C)C. The van der Waals surface area contributed by atoms with Gasteiger partial charge in [0, 0.05) is 24.9 Å². The van der Waals surface area contributed by atoms with E-state index in [0.717, 1.165) is 24.0 Å². The Hall–Kier alpha value is -0.660. The van der Waals surface area contributed by atoms with Crippen LogP contribution in [0.25, 0.3) is 0 Å². The van der Waals surface area contributed by atoms with Crippen molar-refractivity contribution in [2.24, 2.45) is 5.92 Å². The Bertz CT molecular complexity index is 317. The van der Waals surface area contributed by atoms with Gasteiger partial charge >= 0.3 is 0 Å². The Kier molecular flexibility index (Phi) is 6.46. The Labute approximate surface area is 106 Å². The van der Waals surface area contributed by atoms with E-state index in [-0.39, 0.29) is 12.5 Å². The molecule has 0 aliphatic heterocycles. The van der Waals surface area contributed by atoms with E-state index in [1.54, 1.807) is 16.4 Å². The van der Waals surface area contributed by atoms with Crippen molar-refractivity contribution in [3.05, 3.63) is 0 Å². The van der Waals surface area contributed by atoms with Crippen molar-refractivity contribution in [3.8, 4) is 0 Å². The van der Waals surface area contributed by atoms with Crippen molar-refractivity contribution < 1.29 is 5.11 Å². The second-order valence-electron chi connectivity index (χ2n) is 4.39. The summed E-state index contributed by atoms with van der Waals surface area (Å²) in [4.78, 5) is 0. The molecule has 0 saturated heterocycles. The summed E-state index contributed by atoms with van der Waals surface area (Å²) in [5.41, 5.74) is 0. The number of nitrogens with zero attached hydrogens (tertiary/aromatic N) is 4. The van der Waals surface area contributed by atoms with Gasteiger partial charge in [0.2, 0.25) is 5.16 Å². The van der Waals surface area contributed by atoms with Crippen molar-refractivity contribution in [3.63, 3.8) is 0 Å². The van der Waals surface area contributed by atoms with Crippen LogP contribution in [0.15, 0.2) is 5.16 Å². The van der Waals surface area contributed by atoms with Crippen LogP contribution in [0.5, 0.6) is 0 Å². The first-order chi connectivity index (χ1) is 8.13. The normalized spacial score (nSPS) is 13.2. The Morgan fingerprint density at radius 1 is 1.41 bits per heavy atom. The fourth-order valence-corrected chi connectivity index (χ4v) is 2.08. The van der Waals surface area contributed by atoms with Gasteiger partial charge in [-0.1, -0.05) is 32.5 Å². The third kappa shape index (κ3) is 5.47. The first-order valence-electron chi connectivity index (χ1n) is 5.86. The molecule has 17 heavy (non-hydrogen) atoms. The van der Waals surface area contributed by atoms with E-state index in [4.69, 9.17) is 5.11 Å². The van der Waals surface area contributed by atoms with E-state index >= 15 is 0 Å². The van der Waals surface area contributed by atoms with E-state index in [1.165, 1.54) is 0 Å². The van der Waals surface area contributed by atoms with Crippen molar-refractivity contribution in [2.75, 3.05) is 18.9 Å². The number of aliphatic hydroxyl groups is 1. The smallest absolute Gasteiger partial charge is 0.209 e. The summed E-state index contributed by atoms with van der Waals surface area (Å²) < 4.78 is 1.80. The van der Waals surface area contributed by atoms with Crippen molar-refractivity contribution in [1.29, 1.82) is 0 Å². The highest BCUT2D eigenvalue weighted by molar-refractivity contribution is 7.99. The lowest BCUT2D eigenvalue weighted by molar-refractivity contribution is 0.250. The predicted molar refractivity (Wildman–Crippen MR) is 67.9 cm³/mol. The molecule has 0 radical (unpaired) electrons. The van der Waals surface area contributed by atoms with Crippen molar-refractivity contribution in [1.82, 2.24) is 25.5 Å². The molecule has 7 heteroatoms. The van der Waals surface area contributed by atoms with Crippen molar-refractivity contribution in [2.45, 2.75) is 38.5 Å². The fourth-order valence-electron chi connectivity index (χ4n) is 1.17. The number of tetrazole rings is 1. The number of thioether (sulfide) groups is 1. The number of aromatic nitrogens is 4. The predicted octanol–water partition coefficient (Wildman–Crippen LogP) is 0.392. The molecular weight excluding hydrogens is 238 g/mol. The summed E-state index contributed by atoms with van der Waals surface area (Å²) in [5, 5.41) is 24.7. The minimum Gasteiger partial charge on any atom is -0.396 e. The van der Waals surface area contributed by atoms with Gasteiger partial charge in [-0.3, -0.25) is 0 Å². The maximum absolute atomic E-state index is 8.95. The van der Waals surface area contributed by atoms with Crippen LogP contribution in [0, 0.1) is 5.92 Å². The molecule has 0 fully saturated rings. The Balaban J connectivity index is 2.37. The first kappa shape index (κ1) is 14.4. The van der Waals surface area contributed by atoms with Gasteiger partial charge in [0.15, 0.2) is 0 Å². The molecule has 1 atom stereocenters. The highest BCUT2D eigenvalue weighted by Crippen LogP contribution is 2.16. The highest BCUT2D eigenvalue weighted by atomic mass is 32.2. The van der Waals surface area contributed by atoms with Crippen LogP contribution in [-0.2, 0) is 6.54 Å². The average molecular weight is 259 g/mol. The highest BCUT2D eigenvalue weighted by Gasteiger charge is 2.09. The molecule has 0 amide bonds. The molecule has 0 saturated carbocycles. The van der Waals surface area contributed by atoms with Crippen molar-refractivity contribution >= 4 is 11.8 Å². The maximum Gasteiger partial charge on any atom is 0.209 e. The zero-order valence-electron chi connectivity index (χ0n) is 10.6. The van der Waals surface area contributed by atoms with E-state index in [1.807, 2.05) is 6.92 Å². The van der Waals surface area contributed by atoms with Gasteiger partial charge in [0.1, 0.15) is 0 Å². The largest absolute Gasteiger partial charge is 0.396 e. The van der Waals surface area contributed by atoms with E-state index in [9.17, 15) is 0 Å². The molecule has 6 nitrogen and oxygen atoms in total. The summed E-state index contributed by atoms with van der Waals surface area (Å²) in [6, 6.07) is 0.469. The van der Waals surface area contributed by atoms with Crippen LogP contribution in [-0.4, -0.2) is 50.3 Å². The van der Waals surface area contributed by atoms with E-state index < -0.39 is 0 Å². The quantitative estimate of drug-likeness (QED) is 0.658. The Morgan fingerprint density at radius 2 is 2.18 bits per heavy atom. The molecule has 1 unspecified atom stereocenters. The third-order valence-corrected chi connectivity index (χ3v) is 3.47. The summed E-state index contributed by atoms with van der Waals surface area (Å²) in [6.45, 7) is 8.04. The number of nitrogens with one attached hydrogen (secondary N) is 1. The summed E-state index contributed by atoms with van der Waals surface area (Å²) in [7, 11) is 0. The van der Waals surface area contributed by atoms with E-state index in [0.29, 0.717) is 6.04 Å². The average Bonchev–Trinajstić information content (AvgIpc) is 2.73. The molecule has 0 bridgehead atoms. The van der Waals surface area contributed by atoms with Crippen LogP contribution >= 0.6 is 11.8 Å². The Morgan fingerprint density at radius 3 is 2.82 bits per heavy atom. The summed E-state index contributed by atoms with van der Waals surface area (Å²) in [6.07, 6.45) is 0. The number of rotatable bonds is 8. The molecule has 1 heterocycles. The maximum atomic E-state index is 8.95. The van der Waals surface area contributed by atoms with E-state index in [2.05, 4.69) is 34.7 Å². The van der Waals surface area contributed by atoms with Crippen LogP contribution in [0.4, 0.5) is 0 Å². The number of aliphatic hydroxyl groups excluding tert-OH is 1. The summed E-state index contributed by atoms with van der Waals surface area (Å²) in [5.74, 6) is 1.09. The second kappa shape index (κ2) is 7.62. The number of hydrogen-bond donors (Lipinski definition) is 2. The lowest BCUT2D eigenvalue weighted by Crippen LogP contribution is -2.27. The van der Waals surface area contributed by atoms with Gasteiger partial charge < -0.3 is 10.4 Å². The van der Waals surface area contributed by atoms with Gasteiger partial charge in [-0.25, -0.2) is 4.68 Å². The van der Waals surface area contributed by atoms with Gasteiger partial charge in [-0.15, -0.1) is 5.10 Å².